The van der Waals surface area contributed by atoms with Crippen LogP contribution in [0.4, 0.5) is 0 Å². The summed E-state index contributed by atoms with van der Waals surface area (Å²) in [6.07, 6.45) is 4.12. The molecule has 0 aliphatic heterocycles. The summed E-state index contributed by atoms with van der Waals surface area (Å²) >= 11 is 0. The van der Waals surface area contributed by atoms with E-state index in [0.29, 0.717) is 24.2 Å². The average molecular weight is 276 g/mol. The lowest BCUT2D eigenvalue weighted by Crippen LogP contribution is -2.26. The van der Waals surface area contributed by atoms with Gasteiger partial charge >= 0.3 is 0 Å². The number of carbonyl (C=O) groups excluding carboxylic acids is 2. The molecule has 4 nitrogen and oxygen atoms in total. The second-order valence-electron chi connectivity index (χ2n) is 4.80. The van der Waals surface area contributed by atoms with Crippen molar-refractivity contribution in [1.29, 1.82) is 0 Å². The number of hydrogen-bond acceptors (Lipinski definition) is 2. The van der Waals surface area contributed by atoms with Crippen LogP contribution in [0.25, 0.3) is 0 Å². The van der Waals surface area contributed by atoms with Crippen LogP contribution in [0.1, 0.15) is 60.2 Å². The Morgan fingerprint density at radius 3 is 2.05 bits per heavy atom. The molecule has 2 amide bonds. The van der Waals surface area contributed by atoms with Gasteiger partial charge < -0.3 is 10.6 Å². The number of nitrogens with one attached hydrogen (secondary N) is 2. The Kier molecular flexibility index (Phi) is 7.40. The fourth-order valence-corrected chi connectivity index (χ4v) is 1.82. The lowest BCUT2D eigenvalue weighted by molar-refractivity contribution is 0.0952. The van der Waals surface area contributed by atoms with E-state index in [0.717, 1.165) is 25.7 Å². The Balaban J connectivity index is 2.58. The lowest BCUT2D eigenvalue weighted by atomic mass is 10.1. The minimum Gasteiger partial charge on any atom is -0.352 e. The van der Waals surface area contributed by atoms with E-state index in [2.05, 4.69) is 17.6 Å². The van der Waals surface area contributed by atoms with Crippen LogP contribution < -0.4 is 10.6 Å². The van der Waals surface area contributed by atoms with Gasteiger partial charge in [0.05, 0.1) is 0 Å². The monoisotopic (exact) mass is 276 g/mol. The second-order valence-corrected chi connectivity index (χ2v) is 4.80. The van der Waals surface area contributed by atoms with Crippen LogP contribution in [0, 0.1) is 0 Å². The van der Waals surface area contributed by atoms with Gasteiger partial charge in [0.2, 0.25) is 0 Å². The lowest BCUT2D eigenvalue weighted by Gasteiger charge is -2.07. The highest BCUT2D eigenvalue weighted by Crippen LogP contribution is 2.05. The predicted octanol–water partition coefficient (Wildman–Crippen LogP) is 2.75. The molecule has 0 unspecified atom stereocenters. The molecule has 0 aromatic heterocycles. The van der Waals surface area contributed by atoms with Crippen LogP contribution in [0.15, 0.2) is 24.3 Å². The van der Waals surface area contributed by atoms with Crippen molar-refractivity contribution in [3.63, 3.8) is 0 Å². The maximum Gasteiger partial charge on any atom is 0.251 e. The van der Waals surface area contributed by atoms with Gasteiger partial charge in [0.25, 0.3) is 11.8 Å². The maximum atomic E-state index is 12.0. The first-order valence-corrected chi connectivity index (χ1v) is 7.35. The summed E-state index contributed by atoms with van der Waals surface area (Å²) in [5, 5.41) is 5.68. The molecule has 0 radical (unpaired) electrons. The summed E-state index contributed by atoms with van der Waals surface area (Å²) in [4.78, 5) is 23.8. The molecule has 0 saturated heterocycles. The van der Waals surface area contributed by atoms with Gasteiger partial charge in [0.1, 0.15) is 0 Å². The van der Waals surface area contributed by atoms with Crippen molar-refractivity contribution in [2.24, 2.45) is 0 Å². The van der Waals surface area contributed by atoms with E-state index in [1.165, 1.54) is 0 Å². The summed E-state index contributed by atoms with van der Waals surface area (Å²) in [7, 11) is 0. The molecule has 0 heterocycles. The van der Waals surface area contributed by atoms with Crippen LogP contribution in [0.3, 0.4) is 0 Å². The molecular formula is C16H24N2O2. The van der Waals surface area contributed by atoms with E-state index >= 15 is 0 Å². The molecule has 0 aliphatic rings. The van der Waals surface area contributed by atoms with E-state index in [4.69, 9.17) is 0 Å². The summed E-state index contributed by atoms with van der Waals surface area (Å²) in [6, 6.07) is 6.83. The van der Waals surface area contributed by atoms with Crippen LogP contribution in [-0.2, 0) is 0 Å². The van der Waals surface area contributed by atoms with Gasteiger partial charge in [-0.15, -0.1) is 0 Å². The fraction of sp³-hybridized carbons (Fsp3) is 0.500. The van der Waals surface area contributed by atoms with Gasteiger partial charge in [-0.3, -0.25) is 9.59 Å². The van der Waals surface area contributed by atoms with Crippen LogP contribution in [0.2, 0.25) is 0 Å². The van der Waals surface area contributed by atoms with Gasteiger partial charge in [-0.1, -0.05) is 32.8 Å². The van der Waals surface area contributed by atoms with Crippen molar-refractivity contribution in [2.75, 3.05) is 13.1 Å². The molecular weight excluding hydrogens is 252 g/mol. The topological polar surface area (TPSA) is 58.2 Å². The Bertz CT molecular complexity index is 444. The van der Waals surface area contributed by atoms with Crippen molar-refractivity contribution in [3.05, 3.63) is 35.4 Å². The molecule has 1 rings (SSSR count). The predicted molar refractivity (Wildman–Crippen MR) is 80.9 cm³/mol. The average Bonchev–Trinajstić information content (AvgIpc) is 2.49. The zero-order valence-corrected chi connectivity index (χ0v) is 12.4. The molecule has 4 heteroatoms. The number of benzene rings is 1. The van der Waals surface area contributed by atoms with E-state index in [1.807, 2.05) is 6.92 Å². The molecule has 0 bridgehead atoms. The third kappa shape index (κ3) is 5.43. The number of carbonyl (C=O) groups is 2. The van der Waals surface area contributed by atoms with Crippen molar-refractivity contribution in [1.82, 2.24) is 10.6 Å². The van der Waals surface area contributed by atoms with Crippen molar-refractivity contribution in [3.8, 4) is 0 Å². The first kappa shape index (κ1) is 16.2. The van der Waals surface area contributed by atoms with E-state index in [1.54, 1.807) is 24.3 Å². The maximum absolute atomic E-state index is 12.0. The zero-order chi connectivity index (χ0) is 14.8. The molecule has 2 N–H and O–H groups in total. The molecule has 1 aromatic carbocycles. The van der Waals surface area contributed by atoms with Gasteiger partial charge in [-0.05, 0) is 31.0 Å². The number of hydrogen-bond donors (Lipinski definition) is 2. The molecule has 20 heavy (non-hydrogen) atoms. The Morgan fingerprint density at radius 2 is 1.50 bits per heavy atom. The SMILES string of the molecule is CCCCCNC(=O)c1cccc(C(=O)NCCC)c1. The molecule has 0 fully saturated rings. The highest BCUT2D eigenvalue weighted by Gasteiger charge is 2.09. The first-order chi connectivity index (χ1) is 9.69. The Labute approximate surface area is 121 Å². The molecule has 0 aliphatic carbocycles. The Hall–Kier alpha value is -1.84. The third-order valence-electron chi connectivity index (χ3n) is 2.99. The molecule has 0 saturated carbocycles. The normalized spacial score (nSPS) is 10.1. The smallest absolute Gasteiger partial charge is 0.251 e. The second kappa shape index (κ2) is 9.13. The molecule has 1 aromatic rings. The minimum absolute atomic E-state index is 0.119. The van der Waals surface area contributed by atoms with Crippen LogP contribution >= 0.6 is 0 Å². The van der Waals surface area contributed by atoms with E-state index in [9.17, 15) is 9.59 Å². The van der Waals surface area contributed by atoms with Crippen LogP contribution in [0.5, 0.6) is 0 Å². The van der Waals surface area contributed by atoms with Gasteiger partial charge in [-0.25, -0.2) is 0 Å². The van der Waals surface area contributed by atoms with Crippen molar-refractivity contribution >= 4 is 11.8 Å². The third-order valence-corrected chi connectivity index (χ3v) is 2.99. The minimum atomic E-state index is -0.132. The Morgan fingerprint density at radius 1 is 0.900 bits per heavy atom. The largest absolute Gasteiger partial charge is 0.352 e. The summed E-state index contributed by atoms with van der Waals surface area (Å²) < 4.78 is 0. The zero-order valence-electron chi connectivity index (χ0n) is 12.4. The van der Waals surface area contributed by atoms with Crippen molar-refractivity contribution < 1.29 is 9.59 Å². The highest BCUT2D eigenvalue weighted by molar-refractivity contribution is 5.99. The van der Waals surface area contributed by atoms with Crippen molar-refractivity contribution in [2.45, 2.75) is 39.5 Å². The molecule has 0 spiro atoms. The quantitative estimate of drug-likeness (QED) is 0.717. The van der Waals surface area contributed by atoms with Gasteiger partial charge in [0.15, 0.2) is 0 Å². The summed E-state index contributed by atoms with van der Waals surface area (Å²) in [5.74, 6) is -0.251. The van der Waals surface area contributed by atoms with Gasteiger partial charge in [-0.2, -0.15) is 0 Å². The molecule has 110 valence electrons. The summed E-state index contributed by atoms with van der Waals surface area (Å²) in [6.45, 7) is 5.45. The summed E-state index contributed by atoms with van der Waals surface area (Å²) in [5.41, 5.74) is 1.06. The first-order valence-electron chi connectivity index (χ1n) is 7.35. The van der Waals surface area contributed by atoms with Gasteiger partial charge in [0, 0.05) is 24.2 Å². The number of unbranched alkanes of at least 4 members (excludes halogenated alkanes) is 2. The number of rotatable bonds is 8. The van der Waals surface area contributed by atoms with Crippen LogP contribution in [-0.4, -0.2) is 24.9 Å². The molecule has 0 atom stereocenters. The van der Waals surface area contributed by atoms with E-state index in [-0.39, 0.29) is 11.8 Å². The standard InChI is InChI=1S/C16H24N2O2/c1-3-5-6-11-18-16(20)14-9-7-8-13(12-14)15(19)17-10-4-2/h7-9,12H,3-6,10-11H2,1-2H3,(H,17,19)(H,18,20). The fourth-order valence-electron chi connectivity index (χ4n) is 1.82. The van der Waals surface area contributed by atoms with E-state index < -0.39 is 0 Å². The highest BCUT2D eigenvalue weighted by atomic mass is 16.2. The number of amides is 2.